The van der Waals surface area contributed by atoms with Crippen LogP contribution in [-0.4, -0.2) is 21.8 Å². The fourth-order valence-electron chi connectivity index (χ4n) is 4.45. The smallest absolute Gasteiger partial charge is 0.253 e. The Morgan fingerprint density at radius 3 is 2.61 bits per heavy atom. The molecule has 6 nitrogen and oxygen atoms in total. The molecular formula is C29H29N3O3S. The molecule has 4 aromatic rings. The van der Waals surface area contributed by atoms with Crippen LogP contribution in [0.2, 0.25) is 0 Å². The Kier molecular flexibility index (Phi) is 6.65. The minimum atomic E-state index is -0.106. The summed E-state index contributed by atoms with van der Waals surface area (Å²) in [5, 5.41) is 5.03. The molecule has 0 amide bonds. The van der Waals surface area contributed by atoms with E-state index in [0.717, 1.165) is 44.7 Å². The standard InChI is InChI=1S/C29H29N3O3S/c1-18-9-11-23-14-24(28(33)31-27(23)19(18)2)16-32(15-21-10-12-25-26(13-21)35-17-34-25)29(36)30-20(3)22-7-5-4-6-8-22/h4-14,20H,15-17H2,1-3H3,(H,30,36)(H,31,33)/t20-/m0/s1. The van der Waals surface area contributed by atoms with Gasteiger partial charge in [0, 0.05) is 12.1 Å². The monoisotopic (exact) mass is 499 g/mol. The largest absolute Gasteiger partial charge is 0.454 e. The van der Waals surface area contributed by atoms with Crippen molar-refractivity contribution in [2.75, 3.05) is 6.79 Å². The summed E-state index contributed by atoms with van der Waals surface area (Å²) < 4.78 is 11.0. The lowest BCUT2D eigenvalue weighted by Crippen LogP contribution is -2.41. The maximum absolute atomic E-state index is 13.1. The lowest BCUT2D eigenvalue weighted by atomic mass is 10.0. The molecule has 1 aliphatic rings. The number of hydrogen-bond acceptors (Lipinski definition) is 4. The lowest BCUT2D eigenvalue weighted by molar-refractivity contribution is 0.174. The molecule has 7 heteroatoms. The molecular weight excluding hydrogens is 470 g/mol. The summed E-state index contributed by atoms with van der Waals surface area (Å²) >= 11 is 5.87. The second kappa shape index (κ2) is 10.0. The van der Waals surface area contributed by atoms with Crippen molar-refractivity contribution >= 4 is 28.2 Å². The second-order valence-corrected chi connectivity index (χ2v) is 9.61. The van der Waals surface area contributed by atoms with Crippen LogP contribution < -0.4 is 20.3 Å². The zero-order valence-electron chi connectivity index (χ0n) is 20.6. The Hall–Kier alpha value is -3.84. The predicted molar refractivity (Wildman–Crippen MR) is 146 cm³/mol. The molecule has 1 aromatic heterocycles. The predicted octanol–water partition coefficient (Wildman–Crippen LogP) is 5.51. The fourth-order valence-corrected chi connectivity index (χ4v) is 4.76. The molecule has 184 valence electrons. The summed E-state index contributed by atoms with van der Waals surface area (Å²) in [5.74, 6) is 1.46. The number of aromatic nitrogens is 1. The van der Waals surface area contributed by atoms with Gasteiger partial charge in [-0.1, -0.05) is 48.5 Å². The van der Waals surface area contributed by atoms with Crippen LogP contribution in [0.1, 0.15) is 40.8 Å². The van der Waals surface area contributed by atoms with Crippen molar-refractivity contribution in [3.8, 4) is 11.5 Å². The van der Waals surface area contributed by atoms with Gasteiger partial charge in [0.15, 0.2) is 16.6 Å². The number of fused-ring (bicyclic) bond motifs is 2. The van der Waals surface area contributed by atoms with E-state index in [1.54, 1.807) is 0 Å². The minimum absolute atomic E-state index is 0.0125. The summed E-state index contributed by atoms with van der Waals surface area (Å²) in [7, 11) is 0. The van der Waals surface area contributed by atoms with Gasteiger partial charge in [-0.3, -0.25) is 4.79 Å². The molecule has 5 rings (SSSR count). The first kappa shape index (κ1) is 23.9. The van der Waals surface area contributed by atoms with E-state index in [4.69, 9.17) is 21.7 Å². The third-order valence-electron chi connectivity index (χ3n) is 6.73. The minimum Gasteiger partial charge on any atom is -0.454 e. The summed E-state index contributed by atoms with van der Waals surface area (Å²) in [6.07, 6.45) is 0. The number of aromatic amines is 1. The van der Waals surface area contributed by atoms with Crippen molar-refractivity contribution in [3.05, 3.63) is 105 Å². The highest BCUT2D eigenvalue weighted by atomic mass is 32.1. The zero-order chi connectivity index (χ0) is 25.2. The summed E-state index contributed by atoms with van der Waals surface area (Å²) in [6, 6.07) is 22.2. The van der Waals surface area contributed by atoms with Gasteiger partial charge in [-0.15, -0.1) is 0 Å². The first-order chi connectivity index (χ1) is 17.4. The van der Waals surface area contributed by atoms with Crippen molar-refractivity contribution in [2.45, 2.75) is 39.9 Å². The van der Waals surface area contributed by atoms with Gasteiger partial charge in [-0.2, -0.15) is 0 Å². The van der Waals surface area contributed by atoms with Crippen molar-refractivity contribution in [2.24, 2.45) is 0 Å². The Morgan fingerprint density at radius 1 is 1.03 bits per heavy atom. The van der Waals surface area contributed by atoms with Gasteiger partial charge in [0.1, 0.15) is 0 Å². The van der Waals surface area contributed by atoms with E-state index >= 15 is 0 Å². The third kappa shape index (κ3) is 4.93. The maximum Gasteiger partial charge on any atom is 0.253 e. The third-order valence-corrected chi connectivity index (χ3v) is 7.10. The quantitative estimate of drug-likeness (QED) is 0.341. The second-order valence-electron chi connectivity index (χ2n) is 9.22. The zero-order valence-corrected chi connectivity index (χ0v) is 21.4. The molecule has 0 saturated heterocycles. The number of rotatable bonds is 6. The van der Waals surface area contributed by atoms with Crippen molar-refractivity contribution in [3.63, 3.8) is 0 Å². The van der Waals surface area contributed by atoms with E-state index in [0.29, 0.717) is 23.8 Å². The summed E-state index contributed by atoms with van der Waals surface area (Å²) in [5.41, 5.74) is 5.81. The van der Waals surface area contributed by atoms with Crippen molar-refractivity contribution in [1.29, 1.82) is 0 Å². The highest BCUT2D eigenvalue weighted by Gasteiger charge is 2.19. The van der Waals surface area contributed by atoms with Gasteiger partial charge in [-0.25, -0.2) is 0 Å². The molecule has 3 aromatic carbocycles. The molecule has 0 radical (unpaired) electrons. The molecule has 0 fully saturated rings. The van der Waals surface area contributed by atoms with E-state index in [2.05, 4.69) is 35.4 Å². The maximum atomic E-state index is 13.1. The van der Waals surface area contributed by atoms with Gasteiger partial charge in [0.2, 0.25) is 6.79 Å². The average Bonchev–Trinajstić information content (AvgIpc) is 3.35. The molecule has 1 aliphatic heterocycles. The Morgan fingerprint density at radius 2 is 1.81 bits per heavy atom. The number of ether oxygens (including phenoxy) is 2. The fraction of sp³-hybridized carbons (Fsp3) is 0.241. The Balaban J connectivity index is 1.45. The number of nitrogens with zero attached hydrogens (tertiary/aromatic N) is 1. The van der Waals surface area contributed by atoms with Gasteiger partial charge in [0.05, 0.1) is 18.1 Å². The van der Waals surface area contributed by atoms with Crippen LogP contribution in [0.5, 0.6) is 11.5 Å². The SMILES string of the molecule is Cc1ccc2cc(CN(Cc3ccc4c(c3)OCO4)C(=S)N[C@@H](C)c3ccccc3)c(=O)[nH]c2c1C. The van der Waals surface area contributed by atoms with E-state index in [9.17, 15) is 4.79 Å². The number of H-pyrrole nitrogens is 1. The molecule has 0 spiro atoms. The average molecular weight is 500 g/mol. The molecule has 0 unspecified atom stereocenters. The van der Waals surface area contributed by atoms with Crippen LogP contribution >= 0.6 is 12.2 Å². The molecule has 0 aliphatic carbocycles. The van der Waals surface area contributed by atoms with E-state index in [1.165, 1.54) is 0 Å². The van der Waals surface area contributed by atoms with Crippen LogP contribution in [0.25, 0.3) is 10.9 Å². The van der Waals surface area contributed by atoms with Gasteiger partial charge >= 0.3 is 0 Å². The highest BCUT2D eigenvalue weighted by Crippen LogP contribution is 2.33. The normalized spacial score (nSPS) is 13.0. The van der Waals surface area contributed by atoms with Gasteiger partial charge < -0.3 is 24.7 Å². The number of benzene rings is 3. The van der Waals surface area contributed by atoms with E-state index in [-0.39, 0.29) is 18.4 Å². The van der Waals surface area contributed by atoms with Gasteiger partial charge in [0.25, 0.3) is 5.56 Å². The molecule has 2 heterocycles. The molecule has 2 N–H and O–H groups in total. The van der Waals surface area contributed by atoms with Crippen LogP contribution in [0.3, 0.4) is 0 Å². The number of thiocarbonyl (C=S) groups is 1. The van der Waals surface area contributed by atoms with Crippen molar-refractivity contribution < 1.29 is 9.47 Å². The van der Waals surface area contributed by atoms with E-state index in [1.807, 2.05) is 67.3 Å². The summed E-state index contributed by atoms with van der Waals surface area (Å²) in [4.78, 5) is 18.2. The number of pyridine rings is 1. The molecule has 0 bridgehead atoms. The van der Waals surface area contributed by atoms with E-state index < -0.39 is 0 Å². The molecule has 1 atom stereocenters. The number of nitrogens with one attached hydrogen (secondary N) is 2. The highest BCUT2D eigenvalue weighted by molar-refractivity contribution is 7.80. The lowest BCUT2D eigenvalue weighted by Gasteiger charge is -2.28. The van der Waals surface area contributed by atoms with Crippen LogP contribution in [0, 0.1) is 13.8 Å². The molecule has 36 heavy (non-hydrogen) atoms. The number of hydrogen-bond donors (Lipinski definition) is 2. The first-order valence-electron chi connectivity index (χ1n) is 12.0. The van der Waals surface area contributed by atoms with Crippen molar-refractivity contribution in [1.82, 2.24) is 15.2 Å². The van der Waals surface area contributed by atoms with Crippen LogP contribution in [0.15, 0.2) is 71.5 Å². The Bertz CT molecular complexity index is 1480. The number of aryl methyl sites for hydroxylation is 2. The first-order valence-corrected chi connectivity index (χ1v) is 12.4. The van der Waals surface area contributed by atoms with Crippen LogP contribution in [0.4, 0.5) is 0 Å². The topological polar surface area (TPSA) is 66.6 Å². The Labute approximate surface area is 215 Å². The molecule has 0 saturated carbocycles. The summed E-state index contributed by atoms with van der Waals surface area (Å²) in [6.45, 7) is 7.25. The van der Waals surface area contributed by atoms with Crippen LogP contribution in [-0.2, 0) is 13.1 Å². The van der Waals surface area contributed by atoms with Gasteiger partial charge in [-0.05, 0) is 78.8 Å².